The SMILES string of the molecule is Cc1cccc(Oc2cc(=O)[nH]c(C)n2)c1. The summed E-state index contributed by atoms with van der Waals surface area (Å²) in [6.07, 6.45) is 0. The first-order valence-electron chi connectivity index (χ1n) is 4.96. The molecule has 0 aliphatic rings. The van der Waals surface area contributed by atoms with E-state index in [0.717, 1.165) is 5.56 Å². The van der Waals surface area contributed by atoms with Crippen molar-refractivity contribution >= 4 is 0 Å². The minimum absolute atomic E-state index is 0.213. The summed E-state index contributed by atoms with van der Waals surface area (Å²) in [5.41, 5.74) is 0.884. The second-order valence-electron chi connectivity index (χ2n) is 3.59. The van der Waals surface area contributed by atoms with Crippen molar-refractivity contribution in [1.29, 1.82) is 0 Å². The van der Waals surface area contributed by atoms with E-state index in [1.807, 2.05) is 31.2 Å². The second kappa shape index (κ2) is 4.18. The molecule has 0 fully saturated rings. The Bertz CT molecular complexity index is 561. The zero-order valence-corrected chi connectivity index (χ0v) is 9.15. The van der Waals surface area contributed by atoms with Crippen molar-refractivity contribution in [1.82, 2.24) is 9.97 Å². The number of ether oxygens (including phenoxy) is 1. The molecular formula is C12H12N2O2. The molecule has 82 valence electrons. The monoisotopic (exact) mass is 216 g/mol. The summed E-state index contributed by atoms with van der Waals surface area (Å²) in [6, 6.07) is 8.91. The molecule has 0 aliphatic carbocycles. The quantitative estimate of drug-likeness (QED) is 0.837. The molecule has 0 radical (unpaired) electrons. The lowest BCUT2D eigenvalue weighted by Crippen LogP contribution is -2.08. The maximum atomic E-state index is 11.2. The maximum Gasteiger partial charge on any atom is 0.254 e. The Labute approximate surface area is 92.9 Å². The molecule has 0 unspecified atom stereocenters. The van der Waals surface area contributed by atoms with Gasteiger partial charge in [0.15, 0.2) is 0 Å². The highest BCUT2D eigenvalue weighted by Crippen LogP contribution is 2.18. The average Bonchev–Trinajstić information content (AvgIpc) is 2.15. The summed E-state index contributed by atoms with van der Waals surface area (Å²) < 4.78 is 5.49. The van der Waals surface area contributed by atoms with Gasteiger partial charge in [0.1, 0.15) is 11.6 Å². The van der Waals surface area contributed by atoms with Gasteiger partial charge in [-0.15, -0.1) is 0 Å². The van der Waals surface area contributed by atoms with Crippen molar-refractivity contribution in [2.24, 2.45) is 0 Å². The second-order valence-corrected chi connectivity index (χ2v) is 3.59. The van der Waals surface area contributed by atoms with E-state index in [1.54, 1.807) is 6.92 Å². The van der Waals surface area contributed by atoms with Gasteiger partial charge < -0.3 is 9.72 Å². The standard InChI is InChI=1S/C12H12N2O2/c1-8-4-3-5-10(6-8)16-12-7-11(15)13-9(2)14-12/h3-7H,1-2H3,(H,13,14,15). The van der Waals surface area contributed by atoms with Gasteiger partial charge in [0, 0.05) is 0 Å². The molecule has 4 heteroatoms. The number of aromatic amines is 1. The zero-order valence-electron chi connectivity index (χ0n) is 9.15. The van der Waals surface area contributed by atoms with Crippen LogP contribution in [0.15, 0.2) is 35.1 Å². The van der Waals surface area contributed by atoms with Gasteiger partial charge in [-0.1, -0.05) is 12.1 Å². The van der Waals surface area contributed by atoms with E-state index < -0.39 is 0 Å². The number of rotatable bonds is 2. The third kappa shape index (κ3) is 2.48. The maximum absolute atomic E-state index is 11.2. The van der Waals surface area contributed by atoms with Gasteiger partial charge in [-0.05, 0) is 31.5 Å². The first-order valence-corrected chi connectivity index (χ1v) is 4.96. The predicted molar refractivity (Wildman–Crippen MR) is 60.8 cm³/mol. The number of nitrogens with zero attached hydrogens (tertiary/aromatic N) is 1. The van der Waals surface area contributed by atoms with Crippen LogP contribution in [-0.2, 0) is 0 Å². The predicted octanol–water partition coefficient (Wildman–Crippen LogP) is 2.18. The average molecular weight is 216 g/mol. The van der Waals surface area contributed by atoms with Crippen LogP contribution in [0.25, 0.3) is 0 Å². The molecule has 1 N–H and O–H groups in total. The third-order valence-electron chi connectivity index (χ3n) is 2.05. The van der Waals surface area contributed by atoms with Gasteiger partial charge in [0.2, 0.25) is 5.88 Å². The van der Waals surface area contributed by atoms with E-state index in [2.05, 4.69) is 9.97 Å². The van der Waals surface area contributed by atoms with E-state index in [9.17, 15) is 4.79 Å². The number of benzene rings is 1. The van der Waals surface area contributed by atoms with Crippen LogP contribution < -0.4 is 10.3 Å². The number of H-pyrrole nitrogens is 1. The molecular weight excluding hydrogens is 204 g/mol. The minimum Gasteiger partial charge on any atom is -0.439 e. The largest absolute Gasteiger partial charge is 0.439 e. The fourth-order valence-corrected chi connectivity index (χ4v) is 1.40. The Morgan fingerprint density at radius 1 is 1.25 bits per heavy atom. The Balaban J connectivity index is 2.30. The molecule has 0 bridgehead atoms. The lowest BCUT2D eigenvalue weighted by molar-refractivity contribution is 0.458. The summed E-state index contributed by atoms with van der Waals surface area (Å²) in [5, 5.41) is 0. The molecule has 0 atom stereocenters. The Morgan fingerprint density at radius 3 is 2.75 bits per heavy atom. The van der Waals surface area contributed by atoms with Crippen LogP contribution in [0.5, 0.6) is 11.6 Å². The highest BCUT2D eigenvalue weighted by Gasteiger charge is 2.01. The molecule has 0 saturated heterocycles. The third-order valence-corrected chi connectivity index (χ3v) is 2.05. The summed E-state index contributed by atoms with van der Waals surface area (Å²) in [4.78, 5) is 17.8. The van der Waals surface area contributed by atoms with E-state index >= 15 is 0 Å². The van der Waals surface area contributed by atoms with Crippen LogP contribution in [0.2, 0.25) is 0 Å². The molecule has 1 heterocycles. The fraction of sp³-hybridized carbons (Fsp3) is 0.167. The topological polar surface area (TPSA) is 55.0 Å². The molecule has 2 aromatic rings. The highest BCUT2D eigenvalue weighted by molar-refractivity contribution is 5.30. The van der Waals surface area contributed by atoms with Crippen molar-refractivity contribution in [3.63, 3.8) is 0 Å². The van der Waals surface area contributed by atoms with Crippen molar-refractivity contribution < 1.29 is 4.74 Å². The van der Waals surface area contributed by atoms with Gasteiger partial charge in [0.05, 0.1) is 6.07 Å². The fourth-order valence-electron chi connectivity index (χ4n) is 1.40. The van der Waals surface area contributed by atoms with Gasteiger partial charge in [-0.25, -0.2) is 4.98 Å². The number of hydrogen-bond donors (Lipinski definition) is 1. The number of hydrogen-bond acceptors (Lipinski definition) is 3. The number of aromatic nitrogens is 2. The minimum atomic E-state index is -0.213. The van der Waals surface area contributed by atoms with Crippen LogP contribution >= 0.6 is 0 Å². The van der Waals surface area contributed by atoms with Crippen LogP contribution in [0.3, 0.4) is 0 Å². The van der Waals surface area contributed by atoms with Gasteiger partial charge in [0.25, 0.3) is 5.56 Å². The van der Waals surface area contributed by atoms with E-state index in [1.165, 1.54) is 6.07 Å². The van der Waals surface area contributed by atoms with Crippen LogP contribution in [0, 0.1) is 13.8 Å². The van der Waals surface area contributed by atoms with E-state index in [-0.39, 0.29) is 5.56 Å². The molecule has 0 spiro atoms. The number of aryl methyl sites for hydroxylation is 2. The van der Waals surface area contributed by atoms with Crippen LogP contribution in [-0.4, -0.2) is 9.97 Å². The molecule has 0 saturated carbocycles. The molecule has 1 aromatic heterocycles. The lowest BCUT2D eigenvalue weighted by Gasteiger charge is -2.05. The molecule has 0 amide bonds. The Hall–Kier alpha value is -2.10. The summed E-state index contributed by atoms with van der Waals surface area (Å²) >= 11 is 0. The first-order chi connectivity index (χ1) is 7.63. The van der Waals surface area contributed by atoms with Crippen molar-refractivity contribution in [3.05, 3.63) is 52.1 Å². The molecule has 0 aliphatic heterocycles. The first kappa shape index (κ1) is 10.4. The molecule has 1 aromatic carbocycles. The molecule has 2 rings (SSSR count). The van der Waals surface area contributed by atoms with Gasteiger partial charge >= 0.3 is 0 Å². The normalized spacial score (nSPS) is 10.1. The highest BCUT2D eigenvalue weighted by atomic mass is 16.5. The van der Waals surface area contributed by atoms with E-state index in [0.29, 0.717) is 17.5 Å². The molecule has 4 nitrogen and oxygen atoms in total. The lowest BCUT2D eigenvalue weighted by atomic mass is 10.2. The van der Waals surface area contributed by atoms with Crippen molar-refractivity contribution in [2.45, 2.75) is 13.8 Å². The summed E-state index contributed by atoms with van der Waals surface area (Å²) in [5.74, 6) is 1.53. The zero-order chi connectivity index (χ0) is 11.5. The number of nitrogens with one attached hydrogen (secondary N) is 1. The Kier molecular flexibility index (Phi) is 2.72. The van der Waals surface area contributed by atoms with E-state index in [4.69, 9.17) is 4.74 Å². The Morgan fingerprint density at radius 2 is 2.06 bits per heavy atom. The summed E-state index contributed by atoms with van der Waals surface area (Å²) in [7, 11) is 0. The van der Waals surface area contributed by atoms with Crippen LogP contribution in [0.1, 0.15) is 11.4 Å². The van der Waals surface area contributed by atoms with Gasteiger partial charge in [-0.2, -0.15) is 0 Å². The summed E-state index contributed by atoms with van der Waals surface area (Å²) in [6.45, 7) is 3.69. The smallest absolute Gasteiger partial charge is 0.254 e. The van der Waals surface area contributed by atoms with Crippen LogP contribution in [0.4, 0.5) is 0 Å². The van der Waals surface area contributed by atoms with Crippen molar-refractivity contribution in [2.75, 3.05) is 0 Å². The molecule has 16 heavy (non-hydrogen) atoms. The van der Waals surface area contributed by atoms with Gasteiger partial charge in [-0.3, -0.25) is 4.79 Å². The van der Waals surface area contributed by atoms with Crippen molar-refractivity contribution in [3.8, 4) is 11.6 Å².